The summed E-state index contributed by atoms with van der Waals surface area (Å²) < 4.78 is 5.58. The molecule has 3 aromatic heterocycles. The van der Waals surface area contributed by atoms with Crippen molar-refractivity contribution in [1.29, 1.82) is 0 Å². The summed E-state index contributed by atoms with van der Waals surface area (Å²) in [4.78, 5) is 36.1. The lowest BCUT2D eigenvalue weighted by Crippen LogP contribution is -2.49. The van der Waals surface area contributed by atoms with E-state index in [-0.39, 0.29) is 18.4 Å². The Morgan fingerprint density at radius 1 is 1.37 bits per heavy atom. The van der Waals surface area contributed by atoms with Gasteiger partial charge in [-0.15, -0.1) is 11.3 Å². The van der Waals surface area contributed by atoms with E-state index in [1.165, 1.54) is 17.7 Å². The Kier molecular flexibility index (Phi) is 4.53. The predicted molar refractivity (Wildman–Crippen MR) is 102 cm³/mol. The largest absolute Gasteiger partial charge is 0.465 e. The fourth-order valence-corrected chi connectivity index (χ4v) is 4.23. The normalized spacial score (nSPS) is 14.4. The molecule has 0 aliphatic carbocycles. The van der Waals surface area contributed by atoms with Crippen molar-refractivity contribution in [1.82, 2.24) is 20.2 Å². The van der Waals surface area contributed by atoms with Crippen LogP contribution in [0.1, 0.15) is 26.8 Å². The van der Waals surface area contributed by atoms with Crippen LogP contribution < -0.4 is 10.6 Å². The summed E-state index contributed by atoms with van der Waals surface area (Å²) in [5, 5.41) is 6.83. The van der Waals surface area contributed by atoms with Gasteiger partial charge in [0.1, 0.15) is 28.5 Å². The van der Waals surface area contributed by atoms with E-state index in [9.17, 15) is 9.59 Å². The summed E-state index contributed by atoms with van der Waals surface area (Å²) in [5.74, 6) is 2.05. The van der Waals surface area contributed by atoms with Crippen LogP contribution in [0.5, 0.6) is 0 Å². The third-order valence-corrected chi connectivity index (χ3v) is 5.66. The molecule has 27 heavy (non-hydrogen) atoms. The van der Waals surface area contributed by atoms with Crippen LogP contribution in [0.4, 0.5) is 5.82 Å². The van der Waals surface area contributed by atoms with Gasteiger partial charge in [0, 0.05) is 13.1 Å². The van der Waals surface area contributed by atoms with Gasteiger partial charge >= 0.3 is 0 Å². The molecule has 1 saturated heterocycles. The highest BCUT2D eigenvalue weighted by atomic mass is 32.1. The molecule has 0 atom stereocenters. The van der Waals surface area contributed by atoms with Crippen LogP contribution in [-0.4, -0.2) is 46.3 Å². The third-order valence-electron chi connectivity index (χ3n) is 4.47. The second kappa shape index (κ2) is 6.99. The van der Waals surface area contributed by atoms with Gasteiger partial charge in [0.25, 0.3) is 5.91 Å². The first-order valence-corrected chi connectivity index (χ1v) is 9.44. The third kappa shape index (κ3) is 3.37. The van der Waals surface area contributed by atoms with Crippen LogP contribution in [0, 0.1) is 13.8 Å². The van der Waals surface area contributed by atoms with Crippen LogP contribution >= 0.6 is 11.3 Å². The van der Waals surface area contributed by atoms with Crippen LogP contribution in [-0.2, 0) is 11.3 Å². The van der Waals surface area contributed by atoms with Crippen LogP contribution in [0.3, 0.4) is 0 Å². The number of rotatable bonds is 4. The number of carbonyl (C=O) groups is 2. The number of anilines is 1. The molecule has 2 amide bonds. The highest BCUT2D eigenvalue weighted by Crippen LogP contribution is 2.34. The molecule has 0 saturated carbocycles. The highest BCUT2D eigenvalue weighted by molar-refractivity contribution is 7.20. The van der Waals surface area contributed by atoms with Crippen molar-refractivity contribution in [3.8, 4) is 0 Å². The number of aromatic nitrogens is 2. The Morgan fingerprint density at radius 3 is 2.96 bits per heavy atom. The van der Waals surface area contributed by atoms with Crippen molar-refractivity contribution in [3.05, 3.63) is 40.4 Å². The number of nitrogens with one attached hydrogen (secondary N) is 2. The minimum absolute atomic E-state index is 0.0845. The zero-order chi connectivity index (χ0) is 19.0. The fourth-order valence-electron chi connectivity index (χ4n) is 3.12. The molecule has 0 bridgehead atoms. The number of nitrogens with zero attached hydrogens (tertiary/aromatic N) is 3. The van der Waals surface area contributed by atoms with Crippen LogP contribution in [0.15, 0.2) is 22.9 Å². The number of thiophene rings is 1. The van der Waals surface area contributed by atoms with Gasteiger partial charge in [0.05, 0.1) is 23.4 Å². The molecular weight excluding hydrogens is 366 g/mol. The first kappa shape index (κ1) is 17.5. The molecule has 2 N–H and O–H groups in total. The van der Waals surface area contributed by atoms with Gasteiger partial charge in [0.2, 0.25) is 5.91 Å². The summed E-state index contributed by atoms with van der Waals surface area (Å²) in [7, 11) is 0. The fraction of sp³-hybridized carbons (Fsp3) is 0.333. The quantitative estimate of drug-likeness (QED) is 0.713. The number of carbonyl (C=O) groups excluding carboxylic acids is 2. The lowest BCUT2D eigenvalue weighted by atomic mass is 10.2. The SMILES string of the molecule is Cc1ccc(CNc2ncnc3sc(C(=O)N4CCNC(=O)C4)c(C)c23)o1. The summed E-state index contributed by atoms with van der Waals surface area (Å²) in [5.41, 5.74) is 0.824. The Hall–Kier alpha value is -2.94. The van der Waals surface area contributed by atoms with Gasteiger partial charge in [-0.2, -0.15) is 0 Å². The first-order chi connectivity index (χ1) is 13.0. The maximum atomic E-state index is 12.9. The number of hydrogen-bond acceptors (Lipinski definition) is 7. The Morgan fingerprint density at radius 2 is 2.22 bits per heavy atom. The van der Waals surface area contributed by atoms with E-state index >= 15 is 0 Å². The Labute approximate surface area is 159 Å². The molecule has 4 rings (SSSR count). The summed E-state index contributed by atoms with van der Waals surface area (Å²) >= 11 is 1.33. The average molecular weight is 385 g/mol. The second-order valence-corrected chi connectivity index (χ2v) is 7.40. The molecule has 0 radical (unpaired) electrons. The molecule has 3 aromatic rings. The van der Waals surface area contributed by atoms with E-state index in [1.54, 1.807) is 4.90 Å². The number of furan rings is 1. The summed E-state index contributed by atoms with van der Waals surface area (Å²) in [6.07, 6.45) is 1.48. The number of aryl methyl sites for hydroxylation is 2. The maximum Gasteiger partial charge on any atom is 0.264 e. The molecule has 0 spiro atoms. The van der Waals surface area contributed by atoms with E-state index < -0.39 is 0 Å². The smallest absolute Gasteiger partial charge is 0.264 e. The minimum atomic E-state index is -0.141. The van der Waals surface area contributed by atoms with Gasteiger partial charge in [0.15, 0.2) is 0 Å². The molecule has 9 heteroatoms. The highest BCUT2D eigenvalue weighted by Gasteiger charge is 2.26. The van der Waals surface area contributed by atoms with Crippen LogP contribution in [0.25, 0.3) is 10.2 Å². The van der Waals surface area contributed by atoms with Crippen molar-refractivity contribution in [2.24, 2.45) is 0 Å². The van der Waals surface area contributed by atoms with E-state index in [1.807, 2.05) is 26.0 Å². The number of piperazine rings is 1. The maximum absolute atomic E-state index is 12.9. The van der Waals surface area contributed by atoms with Crippen molar-refractivity contribution < 1.29 is 14.0 Å². The number of amides is 2. The molecule has 0 aromatic carbocycles. The Balaban J connectivity index is 1.63. The average Bonchev–Trinajstić information content (AvgIpc) is 3.23. The van der Waals surface area contributed by atoms with Crippen molar-refractivity contribution >= 4 is 39.2 Å². The van der Waals surface area contributed by atoms with Crippen molar-refractivity contribution in [2.75, 3.05) is 25.0 Å². The summed E-state index contributed by atoms with van der Waals surface area (Å²) in [6.45, 7) is 5.35. The van der Waals surface area contributed by atoms with E-state index in [4.69, 9.17) is 4.42 Å². The van der Waals surface area contributed by atoms with Gasteiger partial charge in [-0.1, -0.05) is 0 Å². The molecule has 0 unspecified atom stereocenters. The lowest BCUT2D eigenvalue weighted by molar-refractivity contribution is -0.123. The number of fused-ring (bicyclic) bond motifs is 1. The van der Waals surface area contributed by atoms with E-state index in [2.05, 4.69) is 20.6 Å². The molecule has 1 aliphatic heterocycles. The van der Waals surface area contributed by atoms with Crippen molar-refractivity contribution in [2.45, 2.75) is 20.4 Å². The second-order valence-electron chi connectivity index (χ2n) is 6.40. The molecule has 1 fully saturated rings. The van der Waals surface area contributed by atoms with Gasteiger partial charge < -0.3 is 20.0 Å². The van der Waals surface area contributed by atoms with Gasteiger partial charge in [-0.25, -0.2) is 9.97 Å². The Bertz CT molecular complexity index is 1030. The van der Waals surface area contributed by atoms with Gasteiger partial charge in [-0.3, -0.25) is 9.59 Å². The van der Waals surface area contributed by atoms with Crippen LogP contribution in [0.2, 0.25) is 0 Å². The molecular formula is C18H19N5O3S. The van der Waals surface area contributed by atoms with E-state index in [0.29, 0.717) is 30.3 Å². The minimum Gasteiger partial charge on any atom is -0.465 e. The lowest BCUT2D eigenvalue weighted by Gasteiger charge is -2.26. The molecule has 8 nitrogen and oxygen atoms in total. The standard InChI is InChI=1S/C18H19N5O3S/c1-10-3-4-12(26-10)7-20-16-14-11(2)15(27-17(14)22-9-21-16)18(25)23-6-5-19-13(24)8-23/h3-4,9H,5-8H2,1-2H3,(H,19,24)(H,20,21,22). The number of hydrogen-bond donors (Lipinski definition) is 2. The predicted octanol–water partition coefficient (Wildman–Crippen LogP) is 2.09. The topological polar surface area (TPSA) is 100 Å². The molecule has 1 aliphatic rings. The molecule has 4 heterocycles. The molecule has 140 valence electrons. The monoisotopic (exact) mass is 385 g/mol. The summed E-state index contributed by atoms with van der Waals surface area (Å²) in [6, 6.07) is 3.82. The zero-order valence-electron chi connectivity index (χ0n) is 15.0. The van der Waals surface area contributed by atoms with E-state index in [0.717, 1.165) is 27.3 Å². The zero-order valence-corrected chi connectivity index (χ0v) is 15.9. The van der Waals surface area contributed by atoms with Crippen molar-refractivity contribution in [3.63, 3.8) is 0 Å². The first-order valence-electron chi connectivity index (χ1n) is 8.62. The van der Waals surface area contributed by atoms with Gasteiger partial charge in [-0.05, 0) is 31.5 Å².